The first-order chi connectivity index (χ1) is 11.0. The normalized spacial score (nSPS) is 14.4. The van der Waals surface area contributed by atoms with E-state index in [9.17, 15) is 4.79 Å². The zero-order valence-corrected chi connectivity index (χ0v) is 14.0. The molecule has 0 fully saturated rings. The van der Waals surface area contributed by atoms with E-state index < -0.39 is 5.54 Å². The summed E-state index contributed by atoms with van der Waals surface area (Å²) < 4.78 is 0. The van der Waals surface area contributed by atoms with E-state index in [1.165, 1.54) is 5.56 Å². The van der Waals surface area contributed by atoms with Crippen LogP contribution in [0.3, 0.4) is 0 Å². The first-order valence-electron chi connectivity index (χ1n) is 8.20. The molecule has 0 radical (unpaired) electrons. The SMILES string of the molecule is CCc1ccc(C(C)(C)NC(=O)c2n[nH]c3c2CNCC3)cc1. The number of hydrogen-bond acceptors (Lipinski definition) is 3. The summed E-state index contributed by atoms with van der Waals surface area (Å²) in [6.07, 6.45) is 1.90. The van der Waals surface area contributed by atoms with Crippen molar-refractivity contribution in [3.8, 4) is 0 Å². The molecule has 3 rings (SSSR count). The Morgan fingerprint density at radius 2 is 2.04 bits per heavy atom. The van der Waals surface area contributed by atoms with Gasteiger partial charge < -0.3 is 10.6 Å². The molecule has 1 aliphatic rings. The molecule has 0 atom stereocenters. The van der Waals surface area contributed by atoms with Gasteiger partial charge in [-0.15, -0.1) is 0 Å². The molecule has 0 saturated carbocycles. The lowest BCUT2D eigenvalue weighted by Crippen LogP contribution is -2.41. The molecular weight excluding hydrogens is 288 g/mol. The zero-order chi connectivity index (χ0) is 16.4. The number of nitrogens with zero attached hydrogens (tertiary/aromatic N) is 1. The highest BCUT2D eigenvalue weighted by Gasteiger charge is 2.27. The third-order valence-corrected chi connectivity index (χ3v) is 4.53. The minimum absolute atomic E-state index is 0.129. The fourth-order valence-electron chi connectivity index (χ4n) is 2.99. The lowest BCUT2D eigenvalue weighted by molar-refractivity contribution is 0.0905. The van der Waals surface area contributed by atoms with Gasteiger partial charge in [-0.05, 0) is 31.4 Å². The Morgan fingerprint density at radius 1 is 1.30 bits per heavy atom. The lowest BCUT2D eigenvalue weighted by atomic mass is 9.92. The summed E-state index contributed by atoms with van der Waals surface area (Å²) in [6.45, 7) is 7.79. The quantitative estimate of drug-likeness (QED) is 0.811. The molecule has 2 heterocycles. The molecular formula is C18H24N4O. The van der Waals surface area contributed by atoms with Gasteiger partial charge in [0.15, 0.2) is 5.69 Å². The van der Waals surface area contributed by atoms with Crippen molar-refractivity contribution in [3.63, 3.8) is 0 Å². The lowest BCUT2D eigenvalue weighted by Gasteiger charge is -2.27. The topological polar surface area (TPSA) is 69.8 Å². The Hall–Kier alpha value is -2.14. The van der Waals surface area contributed by atoms with Crippen molar-refractivity contribution >= 4 is 5.91 Å². The Morgan fingerprint density at radius 3 is 2.74 bits per heavy atom. The average Bonchev–Trinajstić information content (AvgIpc) is 2.98. The van der Waals surface area contributed by atoms with Gasteiger partial charge in [-0.25, -0.2) is 0 Å². The predicted octanol–water partition coefficient (Wildman–Crippen LogP) is 2.28. The summed E-state index contributed by atoms with van der Waals surface area (Å²) in [5.41, 5.74) is 4.50. The summed E-state index contributed by atoms with van der Waals surface area (Å²) in [5.74, 6) is -0.129. The summed E-state index contributed by atoms with van der Waals surface area (Å²) in [5, 5.41) is 13.6. The van der Waals surface area contributed by atoms with E-state index in [1.807, 2.05) is 13.8 Å². The van der Waals surface area contributed by atoms with E-state index in [4.69, 9.17) is 0 Å². The van der Waals surface area contributed by atoms with Crippen LogP contribution in [0.2, 0.25) is 0 Å². The van der Waals surface area contributed by atoms with E-state index in [2.05, 4.69) is 52.0 Å². The second kappa shape index (κ2) is 6.16. The molecule has 1 aliphatic heterocycles. The first kappa shape index (κ1) is 15.7. The van der Waals surface area contributed by atoms with Crippen molar-refractivity contribution in [2.75, 3.05) is 6.54 Å². The number of aromatic amines is 1. The van der Waals surface area contributed by atoms with Crippen LogP contribution in [0.15, 0.2) is 24.3 Å². The monoisotopic (exact) mass is 312 g/mol. The molecule has 1 aromatic heterocycles. The Labute approximate surface area is 136 Å². The molecule has 1 aromatic carbocycles. The van der Waals surface area contributed by atoms with Crippen LogP contribution in [0.4, 0.5) is 0 Å². The number of carbonyl (C=O) groups excluding carboxylic acids is 1. The molecule has 1 amide bonds. The number of benzene rings is 1. The largest absolute Gasteiger partial charge is 0.342 e. The zero-order valence-electron chi connectivity index (χ0n) is 14.0. The van der Waals surface area contributed by atoms with E-state index in [-0.39, 0.29) is 5.91 Å². The summed E-state index contributed by atoms with van der Waals surface area (Å²) >= 11 is 0. The third-order valence-electron chi connectivity index (χ3n) is 4.53. The maximum Gasteiger partial charge on any atom is 0.272 e. The van der Waals surface area contributed by atoms with Crippen LogP contribution < -0.4 is 10.6 Å². The van der Waals surface area contributed by atoms with Gasteiger partial charge in [-0.3, -0.25) is 9.89 Å². The smallest absolute Gasteiger partial charge is 0.272 e. The van der Waals surface area contributed by atoms with Crippen LogP contribution in [-0.2, 0) is 24.9 Å². The molecule has 5 nitrogen and oxygen atoms in total. The molecule has 122 valence electrons. The average molecular weight is 312 g/mol. The van der Waals surface area contributed by atoms with Crippen LogP contribution in [0.5, 0.6) is 0 Å². The molecule has 23 heavy (non-hydrogen) atoms. The second-order valence-corrected chi connectivity index (χ2v) is 6.59. The number of aromatic nitrogens is 2. The van der Waals surface area contributed by atoms with Gasteiger partial charge in [-0.2, -0.15) is 5.10 Å². The second-order valence-electron chi connectivity index (χ2n) is 6.59. The highest BCUT2D eigenvalue weighted by Crippen LogP contribution is 2.22. The number of amides is 1. The molecule has 3 N–H and O–H groups in total. The molecule has 0 saturated heterocycles. The highest BCUT2D eigenvalue weighted by atomic mass is 16.2. The standard InChI is InChI=1S/C18H24N4O/c1-4-12-5-7-13(8-6-12)18(2,3)20-17(23)16-14-11-19-10-9-15(14)21-22-16/h5-8,19H,4,9-11H2,1-3H3,(H,20,23)(H,21,22). The molecule has 0 bridgehead atoms. The summed E-state index contributed by atoms with van der Waals surface area (Å²) in [7, 11) is 0. The van der Waals surface area contributed by atoms with Crippen molar-refractivity contribution in [1.29, 1.82) is 0 Å². The molecule has 0 spiro atoms. The first-order valence-corrected chi connectivity index (χ1v) is 8.20. The van der Waals surface area contributed by atoms with Gasteiger partial charge in [0.05, 0.1) is 5.54 Å². The molecule has 2 aromatic rings. The van der Waals surface area contributed by atoms with Crippen molar-refractivity contribution in [1.82, 2.24) is 20.8 Å². The fourth-order valence-corrected chi connectivity index (χ4v) is 2.99. The summed E-state index contributed by atoms with van der Waals surface area (Å²) in [6, 6.07) is 8.40. The number of aryl methyl sites for hydroxylation is 1. The van der Waals surface area contributed by atoms with Crippen molar-refractivity contribution in [2.24, 2.45) is 0 Å². The van der Waals surface area contributed by atoms with Gasteiger partial charge in [0.25, 0.3) is 5.91 Å². The van der Waals surface area contributed by atoms with Crippen LogP contribution in [0, 0.1) is 0 Å². The van der Waals surface area contributed by atoms with Gasteiger partial charge in [0.2, 0.25) is 0 Å². The maximum absolute atomic E-state index is 12.7. The Bertz CT molecular complexity index is 700. The number of H-pyrrole nitrogens is 1. The van der Waals surface area contributed by atoms with Crippen molar-refractivity contribution in [3.05, 3.63) is 52.3 Å². The number of hydrogen-bond donors (Lipinski definition) is 3. The van der Waals surface area contributed by atoms with Gasteiger partial charge in [-0.1, -0.05) is 31.2 Å². The molecule has 0 aliphatic carbocycles. The minimum atomic E-state index is -0.447. The van der Waals surface area contributed by atoms with E-state index >= 15 is 0 Å². The van der Waals surface area contributed by atoms with Crippen LogP contribution in [0.25, 0.3) is 0 Å². The van der Waals surface area contributed by atoms with Crippen LogP contribution in [-0.4, -0.2) is 22.6 Å². The molecule has 0 unspecified atom stereocenters. The number of rotatable bonds is 4. The number of nitrogens with one attached hydrogen (secondary N) is 3. The van der Waals surface area contributed by atoms with Crippen LogP contribution >= 0.6 is 0 Å². The van der Waals surface area contributed by atoms with Gasteiger partial charge in [0.1, 0.15) is 0 Å². The van der Waals surface area contributed by atoms with E-state index in [0.29, 0.717) is 12.2 Å². The minimum Gasteiger partial charge on any atom is -0.342 e. The molecule has 5 heteroatoms. The number of fused-ring (bicyclic) bond motifs is 1. The Balaban J connectivity index is 1.79. The van der Waals surface area contributed by atoms with Crippen molar-refractivity contribution < 1.29 is 4.79 Å². The number of carbonyl (C=O) groups is 1. The van der Waals surface area contributed by atoms with E-state index in [1.54, 1.807) is 0 Å². The van der Waals surface area contributed by atoms with Crippen LogP contribution in [0.1, 0.15) is 53.6 Å². The summed E-state index contributed by atoms with van der Waals surface area (Å²) in [4.78, 5) is 12.7. The van der Waals surface area contributed by atoms with Gasteiger partial charge >= 0.3 is 0 Å². The third kappa shape index (κ3) is 3.15. The highest BCUT2D eigenvalue weighted by molar-refractivity contribution is 5.94. The predicted molar refractivity (Wildman–Crippen MR) is 90.3 cm³/mol. The fraction of sp³-hybridized carbons (Fsp3) is 0.444. The maximum atomic E-state index is 12.7. The van der Waals surface area contributed by atoms with Gasteiger partial charge in [0, 0.05) is 30.8 Å². The Kier molecular flexibility index (Phi) is 4.22. The van der Waals surface area contributed by atoms with E-state index in [0.717, 1.165) is 36.2 Å². The van der Waals surface area contributed by atoms with Crippen molar-refractivity contribution in [2.45, 2.75) is 45.7 Å².